The van der Waals surface area contributed by atoms with Gasteiger partial charge in [0.15, 0.2) is 0 Å². The van der Waals surface area contributed by atoms with Crippen molar-refractivity contribution in [2.45, 2.75) is 0 Å². The molecule has 0 saturated heterocycles. The van der Waals surface area contributed by atoms with Gasteiger partial charge in [-0.3, -0.25) is 0 Å². The van der Waals surface area contributed by atoms with E-state index in [0.717, 1.165) is 44.8 Å². The van der Waals surface area contributed by atoms with Gasteiger partial charge in [0.2, 0.25) is 0 Å². The normalized spacial score (nSPS) is 11.8. The number of benzene rings is 1. The van der Waals surface area contributed by atoms with Gasteiger partial charge in [-0.15, -0.1) is 0 Å². The summed E-state index contributed by atoms with van der Waals surface area (Å²) in [6.45, 7) is 0. The first-order valence-corrected chi connectivity index (χ1v) is 11.7. The number of H-pyrrole nitrogens is 2. The van der Waals surface area contributed by atoms with Gasteiger partial charge in [-0.25, -0.2) is 9.97 Å². The van der Waals surface area contributed by atoms with Gasteiger partial charge in [-0.2, -0.15) is 0 Å². The van der Waals surface area contributed by atoms with Gasteiger partial charge in [0.05, 0.1) is 22.8 Å². The van der Waals surface area contributed by atoms with Gasteiger partial charge >= 0.3 is 58.3 Å². The Bertz CT molecular complexity index is 1350. The fourth-order valence-electron chi connectivity index (χ4n) is 3.37. The van der Waals surface area contributed by atoms with E-state index in [9.17, 15) is 0 Å². The summed E-state index contributed by atoms with van der Waals surface area (Å²) in [6.07, 6.45) is 8.05. The van der Waals surface area contributed by atoms with Crippen molar-refractivity contribution >= 4 is 74.4 Å². The predicted molar refractivity (Wildman–Crippen MR) is 131 cm³/mol. The second-order valence-corrected chi connectivity index (χ2v) is 9.25. The van der Waals surface area contributed by atoms with Gasteiger partial charge in [0.1, 0.15) is 0 Å². The minimum atomic E-state index is 0.915. The molecule has 0 atom stereocenters. The number of aromatic amines is 2. The van der Waals surface area contributed by atoms with Crippen LogP contribution in [0.1, 0.15) is 22.8 Å². The molecule has 4 nitrogen and oxygen atoms in total. The monoisotopic (exact) mass is 596 g/mol. The van der Waals surface area contributed by atoms with E-state index in [4.69, 9.17) is 0 Å². The van der Waals surface area contributed by atoms with E-state index in [1.165, 1.54) is 28.0 Å². The Hall–Kier alpha value is -3.30. The molecular weight excluding hydrogens is 577 g/mol. The molecule has 2 aliphatic heterocycles. The number of hydrogen-bond acceptors (Lipinski definition) is 2. The third-order valence-electron chi connectivity index (χ3n) is 4.80. The first kappa shape index (κ1) is 19.7. The van der Waals surface area contributed by atoms with Crippen molar-refractivity contribution in [3.05, 3.63) is 102 Å². The number of rotatable bonds is 0. The van der Waals surface area contributed by atoms with E-state index in [-0.39, 0.29) is 0 Å². The first-order valence-electron chi connectivity index (χ1n) is 9.98. The average molecular weight is 596 g/mol. The molecule has 2 N–H and O–H groups in total. The summed E-state index contributed by atoms with van der Waals surface area (Å²) < 4.78 is 1.43. The number of aromatic nitrogens is 4. The maximum atomic E-state index is 4.62. The maximum absolute atomic E-state index is 4.62. The summed E-state index contributed by atoms with van der Waals surface area (Å²) in [4.78, 5) is 16.0. The van der Waals surface area contributed by atoms with Crippen LogP contribution in [-0.2, 0) is 0 Å². The second-order valence-electron chi connectivity index (χ2n) is 7.24. The van der Waals surface area contributed by atoms with Crippen LogP contribution < -0.4 is 3.27 Å². The van der Waals surface area contributed by atoms with Crippen LogP contribution in [-0.4, -0.2) is 44.7 Å². The standard InChI is InChI=1S/C20H14N4.C6H5.Bi/c1-2-14-10-16-5-6-18(23-16)12-20-8-7-19(24-20)11-17-4-3-15(22-17)9-13(1)21-14;1-2-4-6-5-3-1;/h1-12,21-22H;1-5H;. The molecule has 0 fully saturated rings. The van der Waals surface area contributed by atoms with E-state index in [2.05, 4.69) is 74.5 Å². The summed E-state index contributed by atoms with van der Waals surface area (Å²) >= 11 is 1.36. The zero-order valence-corrected chi connectivity index (χ0v) is 20.1. The van der Waals surface area contributed by atoms with Gasteiger partial charge in [-0.1, -0.05) is 0 Å². The zero-order chi connectivity index (χ0) is 21.0. The van der Waals surface area contributed by atoms with Crippen LogP contribution in [0.4, 0.5) is 0 Å². The number of fused-ring (bicyclic) bond motifs is 8. The fourth-order valence-corrected chi connectivity index (χ4v) is 4.04. The van der Waals surface area contributed by atoms with E-state index in [0.29, 0.717) is 0 Å². The van der Waals surface area contributed by atoms with Crippen molar-refractivity contribution < 1.29 is 0 Å². The van der Waals surface area contributed by atoms with Crippen molar-refractivity contribution in [1.82, 2.24) is 19.9 Å². The van der Waals surface area contributed by atoms with Crippen LogP contribution >= 0.6 is 0 Å². The Balaban J connectivity index is 0.000000250. The first-order chi connectivity index (χ1) is 15.2. The van der Waals surface area contributed by atoms with Gasteiger partial charge in [-0.05, 0) is 72.8 Å². The zero-order valence-electron chi connectivity index (χ0n) is 16.7. The molecule has 0 spiro atoms. The summed E-state index contributed by atoms with van der Waals surface area (Å²) in [6, 6.07) is 26.8. The summed E-state index contributed by atoms with van der Waals surface area (Å²) in [5, 5.41) is 0. The molecule has 148 valence electrons. The van der Waals surface area contributed by atoms with Gasteiger partial charge in [0, 0.05) is 22.1 Å². The van der Waals surface area contributed by atoms with E-state index in [1.807, 2.05) is 48.6 Å². The van der Waals surface area contributed by atoms with Crippen molar-refractivity contribution in [2.24, 2.45) is 0 Å². The summed E-state index contributed by atoms with van der Waals surface area (Å²) in [5.74, 6) is 0. The molecule has 0 saturated carbocycles. The van der Waals surface area contributed by atoms with Crippen LogP contribution in [0.5, 0.6) is 0 Å². The molecule has 0 aliphatic carbocycles. The molecule has 2 aliphatic rings. The molecule has 1 aromatic carbocycles. The minimum absolute atomic E-state index is 0.915. The van der Waals surface area contributed by atoms with Crippen LogP contribution in [0.3, 0.4) is 0 Å². The Morgan fingerprint density at radius 2 is 0.903 bits per heavy atom. The van der Waals surface area contributed by atoms with Crippen LogP contribution in [0.25, 0.3) is 46.4 Å². The van der Waals surface area contributed by atoms with Crippen molar-refractivity contribution in [3.8, 4) is 0 Å². The molecule has 8 bridgehead atoms. The van der Waals surface area contributed by atoms with Crippen molar-refractivity contribution in [1.29, 1.82) is 0 Å². The Morgan fingerprint density at radius 1 is 0.484 bits per heavy atom. The third-order valence-corrected chi connectivity index (χ3v) is 5.96. The topological polar surface area (TPSA) is 57.4 Å². The fraction of sp³-hybridized carbons (Fsp3) is 0. The predicted octanol–water partition coefficient (Wildman–Crippen LogP) is 5.14. The number of nitrogens with one attached hydrogen (secondary N) is 2. The molecule has 2 radical (unpaired) electrons. The molecule has 0 unspecified atom stereocenters. The van der Waals surface area contributed by atoms with Crippen LogP contribution in [0.2, 0.25) is 0 Å². The van der Waals surface area contributed by atoms with Gasteiger partial charge in [0.25, 0.3) is 0 Å². The van der Waals surface area contributed by atoms with Crippen molar-refractivity contribution in [3.63, 3.8) is 0 Å². The Kier molecular flexibility index (Phi) is 5.60. The molecule has 0 amide bonds. The third kappa shape index (κ3) is 5.07. The van der Waals surface area contributed by atoms with E-state index >= 15 is 0 Å². The number of nitrogens with zero attached hydrogens (tertiary/aromatic N) is 2. The van der Waals surface area contributed by atoms with Crippen LogP contribution in [0.15, 0.2) is 78.9 Å². The summed E-state index contributed by atoms with van der Waals surface area (Å²) in [7, 11) is 0. The van der Waals surface area contributed by atoms with E-state index < -0.39 is 0 Å². The quantitative estimate of drug-likeness (QED) is 0.239. The molecular formula is C26H19BiN4. The Morgan fingerprint density at radius 3 is 1.32 bits per heavy atom. The molecule has 6 rings (SSSR count). The second kappa shape index (κ2) is 8.83. The van der Waals surface area contributed by atoms with E-state index in [1.54, 1.807) is 0 Å². The number of hydrogen-bond donors (Lipinski definition) is 2. The van der Waals surface area contributed by atoms with Crippen molar-refractivity contribution in [2.75, 3.05) is 0 Å². The molecule has 3 aromatic heterocycles. The molecule has 4 aromatic rings. The average Bonchev–Trinajstić information content (AvgIpc) is 3.55. The SMILES string of the molecule is C1=Cc2cc3ccc(cc4ccc(cc5nc(cc1n2)C=C5)[nH]4)[nH]3.[Bi][c]1ccccc1. The summed E-state index contributed by atoms with van der Waals surface area (Å²) in [5.41, 5.74) is 7.86. The molecule has 31 heavy (non-hydrogen) atoms. The van der Waals surface area contributed by atoms with Gasteiger partial charge < -0.3 is 9.97 Å². The Labute approximate surface area is 195 Å². The van der Waals surface area contributed by atoms with Crippen LogP contribution in [0, 0.1) is 0 Å². The molecule has 5 heterocycles. The molecule has 5 heteroatoms.